The van der Waals surface area contributed by atoms with Crippen LogP contribution in [-0.2, 0) is 0 Å². The van der Waals surface area contributed by atoms with Crippen molar-refractivity contribution in [2.75, 3.05) is 0 Å². The molecule has 62 heavy (non-hydrogen) atoms. The van der Waals surface area contributed by atoms with E-state index < -0.39 is 0 Å². The topological polar surface area (TPSA) is 48.5 Å². The summed E-state index contributed by atoms with van der Waals surface area (Å²) in [6.45, 7) is 0. The zero-order valence-corrected chi connectivity index (χ0v) is 33.6. The molecule has 12 aromatic rings. The summed E-state index contributed by atoms with van der Waals surface area (Å²) in [5, 5.41) is 4.75. The molecule has 0 atom stereocenters. The Morgan fingerprint density at radius 1 is 0.274 bits per heavy atom. The van der Waals surface area contributed by atoms with Crippen LogP contribution in [0.15, 0.2) is 224 Å². The highest BCUT2D eigenvalue weighted by molar-refractivity contribution is 6.14. The number of benzene rings is 9. The lowest BCUT2D eigenvalue weighted by Gasteiger charge is -2.17. The zero-order valence-electron chi connectivity index (χ0n) is 33.6. The summed E-state index contributed by atoms with van der Waals surface area (Å²) in [5.74, 6) is 1.78. The Labute approximate surface area is 358 Å². The molecular formula is C57H37N5. The SMILES string of the molecule is c1ccc(-c2nc(-c3cccc(-c4ccc(-c5ccccc5)c(-n5c6ccccc6c6ccccc65)c4)c3)nc(-n3c4ccccc4c4cccc(-c5ccccc5)c43)n2)cc1. The lowest BCUT2D eigenvalue weighted by atomic mass is 9.97. The van der Waals surface area contributed by atoms with E-state index in [0.717, 1.165) is 72.0 Å². The van der Waals surface area contributed by atoms with E-state index in [1.807, 2.05) is 18.2 Å². The zero-order chi connectivity index (χ0) is 41.0. The molecule has 0 amide bonds. The average molecular weight is 792 g/mol. The highest BCUT2D eigenvalue weighted by Gasteiger charge is 2.21. The molecule has 0 aliphatic heterocycles. The second-order valence-electron chi connectivity index (χ2n) is 15.6. The Morgan fingerprint density at radius 2 is 0.726 bits per heavy atom. The molecule has 0 spiro atoms. The van der Waals surface area contributed by atoms with Gasteiger partial charge in [-0.05, 0) is 52.6 Å². The third-order valence-electron chi connectivity index (χ3n) is 12.0. The fourth-order valence-electron chi connectivity index (χ4n) is 9.17. The Kier molecular flexibility index (Phi) is 8.42. The van der Waals surface area contributed by atoms with E-state index in [-0.39, 0.29) is 0 Å². The maximum atomic E-state index is 5.36. The van der Waals surface area contributed by atoms with Crippen molar-refractivity contribution in [1.29, 1.82) is 0 Å². The average Bonchev–Trinajstić information content (AvgIpc) is 3.88. The summed E-state index contributed by atoms with van der Waals surface area (Å²) in [4.78, 5) is 15.8. The minimum Gasteiger partial charge on any atom is -0.309 e. The smallest absolute Gasteiger partial charge is 0.238 e. The third kappa shape index (κ3) is 5.90. The highest BCUT2D eigenvalue weighted by atomic mass is 15.2. The van der Waals surface area contributed by atoms with Crippen LogP contribution in [-0.4, -0.2) is 24.1 Å². The molecule has 0 unspecified atom stereocenters. The summed E-state index contributed by atoms with van der Waals surface area (Å²) >= 11 is 0. The van der Waals surface area contributed by atoms with Gasteiger partial charge >= 0.3 is 0 Å². The van der Waals surface area contributed by atoms with Gasteiger partial charge in [-0.25, -0.2) is 4.98 Å². The second kappa shape index (κ2) is 14.7. The van der Waals surface area contributed by atoms with Crippen LogP contribution in [0.4, 0.5) is 0 Å². The second-order valence-corrected chi connectivity index (χ2v) is 15.6. The molecule has 0 N–H and O–H groups in total. The first kappa shape index (κ1) is 35.5. The molecule has 0 saturated heterocycles. The van der Waals surface area contributed by atoms with Gasteiger partial charge in [-0.2, -0.15) is 9.97 Å². The van der Waals surface area contributed by atoms with Crippen molar-refractivity contribution in [2.45, 2.75) is 0 Å². The molecule has 0 bridgehead atoms. The van der Waals surface area contributed by atoms with Gasteiger partial charge < -0.3 is 4.57 Å². The van der Waals surface area contributed by atoms with E-state index in [4.69, 9.17) is 15.0 Å². The largest absolute Gasteiger partial charge is 0.309 e. The molecule has 290 valence electrons. The molecule has 12 rings (SSSR count). The number of nitrogens with zero attached hydrogens (tertiary/aromatic N) is 5. The molecule has 0 saturated carbocycles. The van der Waals surface area contributed by atoms with Gasteiger partial charge in [-0.1, -0.05) is 194 Å². The molecule has 0 aliphatic carbocycles. The molecule has 0 aliphatic rings. The van der Waals surface area contributed by atoms with Gasteiger partial charge in [0.1, 0.15) is 0 Å². The van der Waals surface area contributed by atoms with E-state index in [9.17, 15) is 0 Å². The van der Waals surface area contributed by atoms with Gasteiger partial charge in [0.15, 0.2) is 11.6 Å². The third-order valence-corrected chi connectivity index (χ3v) is 12.0. The summed E-state index contributed by atoms with van der Waals surface area (Å²) < 4.78 is 4.63. The predicted molar refractivity (Wildman–Crippen MR) is 256 cm³/mol. The monoisotopic (exact) mass is 791 g/mol. The number of hydrogen-bond donors (Lipinski definition) is 0. The quantitative estimate of drug-likeness (QED) is 0.162. The van der Waals surface area contributed by atoms with E-state index in [0.29, 0.717) is 17.6 Å². The highest BCUT2D eigenvalue weighted by Crippen LogP contribution is 2.40. The normalized spacial score (nSPS) is 11.5. The van der Waals surface area contributed by atoms with Crippen LogP contribution in [0.2, 0.25) is 0 Å². The van der Waals surface area contributed by atoms with Gasteiger partial charge in [0.05, 0.1) is 27.8 Å². The minimum absolute atomic E-state index is 0.565. The van der Waals surface area contributed by atoms with Crippen molar-refractivity contribution >= 4 is 43.6 Å². The van der Waals surface area contributed by atoms with Crippen molar-refractivity contribution < 1.29 is 0 Å². The Morgan fingerprint density at radius 3 is 1.37 bits per heavy atom. The molecule has 0 radical (unpaired) electrons. The molecule has 0 fully saturated rings. The summed E-state index contributed by atoms with van der Waals surface area (Å²) in [6.07, 6.45) is 0. The maximum Gasteiger partial charge on any atom is 0.238 e. The molecule has 5 heteroatoms. The predicted octanol–water partition coefficient (Wildman–Crippen LogP) is 14.4. The first-order valence-corrected chi connectivity index (χ1v) is 21.0. The van der Waals surface area contributed by atoms with Gasteiger partial charge in [0.2, 0.25) is 5.95 Å². The Balaban J connectivity index is 1.07. The van der Waals surface area contributed by atoms with Crippen LogP contribution < -0.4 is 0 Å². The van der Waals surface area contributed by atoms with Crippen LogP contribution in [0, 0.1) is 0 Å². The summed E-state index contributed by atoms with van der Waals surface area (Å²) in [5.41, 5.74) is 14.1. The van der Waals surface area contributed by atoms with Gasteiger partial charge in [0, 0.05) is 43.8 Å². The van der Waals surface area contributed by atoms with Crippen LogP contribution >= 0.6 is 0 Å². The van der Waals surface area contributed by atoms with Crippen LogP contribution in [0.3, 0.4) is 0 Å². The minimum atomic E-state index is 0.565. The van der Waals surface area contributed by atoms with Gasteiger partial charge in [-0.15, -0.1) is 0 Å². The summed E-state index contributed by atoms with van der Waals surface area (Å²) in [6, 6.07) is 79.3. The lowest BCUT2D eigenvalue weighted by Crippen LogP contribution is -2.07. The number of para-hydroxylation sites is 4. The number of hydrogen-bond acceptors (Lipinski definition) is 3. The Bertz CT molecular complexity index is 3570. The van der Waals surface area contributed by atoms with Crippen LogP contribution in [0.5, 0.6) is 0 Å². The number of rotatable bonds is 7. The van der Waals surface area contributed by atoms with E-state index in [1.54, 1.807) is 0 Å². The molecule has 3 heterocycles. The summed E-state index contributed by atoms with van der Waals surface area (Å²) in [7, 11) is 0. The maximum absolute atomic E-state index is 5.36. The van der Waals surface area contributed by atoms with Crippen molar-refractivity contribution in [3.63, 3.8) is 0 Å². The van der Waals surface area contributed by atoms with Gasteiger partial charge in [-0.3, -0.25) is 4.57 Å². The van der Waals surface area contributed by atoms with Crippen molar-refractivity contribution in [3.8, 4) is 67.8 Å². The standard InChI is InChI=1S/C57H37N5/c1-4-18-38(19-5-1)44-35-34-42(37-53(44)61-50-31-13-10-26-46(50)47-27-11-14-32-51(47)61)41-24-16-25-43(36-41)56-58-55(40-22-8-3-9-23-40)59-57(60-56)62-52-33-15-12-28-48(52)49-30-17-29-45(54(49)62)39-20-6-2-7-21-39/h1-37H. The lowest BCUT2D eigenvalue weighted by molar-refractivity contribution is 0.954. The van der Waals surface area contributed by atoms with E-state index in [2.05, 4.69) is 215 Å². The van der Waals surface area contributed by atoms with Crippen molar-refractivity contribution in [1.82, 2.24) is 24.1 Å². The fourth-order valence-corrected chi connectivity index (χ4v) is 9.17. The first-order valence-electron chi connectivity index (χ1n) is 21.0. The molecule has 3 aromatic heterocycles. The van der Waals surface area contributed by atoms with Crippen LogP contribution in [0.25, 0.3) is 111 Å². The van der Waals surface area contributed by atoms with E-state index in [1.165, 1.54) is 21.8 Å². The van der Waals surface area contributed by atoms with E-state index >= 15 is 0 Å². The number of fused-ring (bicyclic) bond motifs is 6. The molecular weight excluding hydrogens is 755 g/mol. The number of aromatic nitrogens is 5. The van der Waals surface area contributed by atoms with Gasteiger partial charge in [0.25, 0.3) is 0 Å². The van der Waals surface area contributed by atoms with Crippen LogP contribution in [0.1, 0.15) is 0 Å². The molecule has 5 nitrogen and oxygen atoms in total. The van der Waals surface area contributed by atoms with Crippen molar-refractivity contribution in [2.24, 2.45) is 0 Å². The molecule has 9 aromatic carbocycles. The fraction of sp³-hybridized carbons (Fsp3) is 0. The Hall–Kier alpha value is -8.41. The van der Waals surface area contributed by atoms with Crippen molar-refractivity contribution in [3.05, 3.63) is 224 Å². The first-order chi connectivity index (χ1) is 30.8.